The number of benzene rings is 2. The highest BCUT2D eigenvalue weighted by Gasteiger charge is 2.45. The van der Waals surface area contributed by atoms with Crippen molar-refractivity contribution in [3.05, 3.63) is 52.6 Å². The summed E-state index contributed by atoms with van der Waals surface area (Å²) < 4.78 is 17.1. The smallest absolute Gasteiger partial charge is 0.253 e. The standard InChI is InChI=1S/C24H27NO5/c1-15-5-6-17(11-16(15)2)23(27)25-9-7-24(8-10-25)14-19(26)22-20(29-4)12-18(28-3)13-21(22)30-24/h5-6,11-13H,7-10,14H2,1-4H3. The molecule has 2 heterocycles. The summed E-state index contributed by atoms with van der Waals surface area (Å²) in [7, 11) is 3.10. The average Bonchev–Trinajstić information content (AvgIpc) is 2.74. The zero-order chi connectivity index (χ0) is 21.5. The molecule has 1 fully saturated rings. The molecule has 1 saturated heterocycles. The predicted octanol–water partition coefficient (Wildman–Crippen LogP) is 3.96. The number of amides is 1. The number of aryl methyl sites for hydroxylation is 2. The molecule has 1 amide bonds. The maximum atomic E-state index is 13.0. The lowest BCUT2D eigenvalue weighted by molar-refractivity contribution is -0.00610. The van der Waals surface area contributed by atoms with Crippen molar-refractivity contribution in [2.24, 2.45) is 0 Å². The first kappa shape index (κ1) is 20.3. The van der Waals surface area contributed by atoms with Crippen LogP contribution in [0.25, 0.3) is 0 Å². The summed E-state index contributed by atoms with van der Waals surface area (Å²) in [4.78, 5) is 27.8. The Kier molecular flexibility index (Phi) is 5.18. The van der Waals surface area contributed by atoms with Gasteiger partial charge in [0, 0.05) is 43.6 Å². The van der Waals surface area contributed by atoms with Crippen LogP contribution in [-0.2, 0) is 0 Å². The van der Waals surface area contributed by atoms with Crippen LogP contribution in [0.1, 0.15) is 51.1 Å². The number of carbonyl (C=O) groups is 2. The number of piperidine rings is 1. The first-order valence-electron chi connectivity index (χ1n) is 10.2. The molecule has 4 rings (SSSR count). The quantitative estimate of drug-likeness (QED) is 0.768. The van der Waals surface area contributed by atoms with Gasteiger partial charge in [-0.1, -0.05) is 6.07 Å². The SMILES string of the molecule is COc1cc(OC)c2c(c1)OC1(CCN(C(=O)c3ccc(C)c(C)c3)CC1)CC2=O. The lowest BCUT2D eigenvalue weighted by Crippen LogP contribution is -2.52. The Balaban J connectivity index is 1.53. The van der Waals surface area contributed by atoms with Crippen LogP contribution in [0.2, 0.25) is 0 Å². The molecule has 2 aromatic carbocycles. The van der Waals surface area contributed by atoms with Crippen molar-refractivity contribution in [2.45, 2.75) is 38.7 Å². The van der Waals surface area contributed by atoms with Gasteiger partial charge in [0.05, 0.1) is 20.6 Å². The Morgan fingerprint density at radius 3 is 2.40 bits per heavy atom. The molecule has 0 atom stereocenters. The summed E-state index contributed by atoms with van der Waals surface area (Å²) in [6.07, 6.45) is 1.50. The van der Waals surface area contributed by atoms with E-state index in [9.17, 15) is 9.59 Å². The predicted molar refractivity (Wildman–Crippen MR) is 113 cm³/mol. The molecule has 6 heteroatoms. The van der Waals surface area contributed by atoms with Gasteiger partial charge in [-0.15, -0.1) is 0 Å². The summed E-state index contributed by atoms with van der Waals surface area (Å²) in [5.41, 5.74) is 2.85. The number of likely N-dealkylation sites (tertiary alicyclic amines) is 1. The number of hydrogen-bond acceptors (Lipinski definition) is 5. The summed E-state index contributed by atoms with van der Waals surface area (Å²) >= 11 is 0. The Morgan fingerprint density at radius 1 is 1.03 bits per heavy atom. The molecule has 0 radical (unpaired) electrons. The van der Waals surface area contributed by atoms with Crippen molar-refractivity contribution in [1.29, 1.82) is 0 Å². The maximum Gasteiger partial charge on any atom is 0.253 e. The largest absolute Gasteiger partial charge is 0.496 e. The van der Waals surface area contributed by atoms with Crippen molar-refractivity contribution in [2.75, 3.05) is 27.3 Å². The molecule has 0 saturated carbocycles. The van der Waals surface area contributed by atoms with E-state index in [1.54, 1.807) is 19.2 Å². The number of ketones is 1. The topological polar surface area (TPSA) is 65.1 Å². The van der Waals surface area contributed by atoms with Crippen molar-refractivity contribution >= 4 is 11.7 Å². The van der Waals surface area contributed by atoms with Crippen LogP contribution >= 0.6 is 0 Å². The monoisotopic (exact) mass is 409 g/mol. The molecular weight excluding hydrogens is 382 g/mol. The molecule has 0 unspecified atom stereocenters. The fourth-order valence-corrected chi connectivity index (χ4v) is 4.30. The summed E-state index contributed by atoms with van der Waals surface area (Å²) in [5.74, 6) is 1.57. The van der Waals surface area contributed by atoms with Crippen LogP contribution in [0.5, 0.6) is 17.2 Å². The Bertz CT molecular complexity index is 1000. The third-order valence-corrected chi connectivity index (χ3v) is 6.30. The van der Waals surface area contributed by atoms with Crippen LogP contribution in [0.4, 0.5) is 0 Å². The zero-order valence-electron chi connectivity index (χ0n) is 17.9. The zero-order valence-corrected chi connectivity index (χ0v) is 17.9. The third kappa shape index (κ3) is 3.51. The Labute approximate surface area is 176 Å². The van der Waals surface area contributed by atoms with E-state index in [4.69, 9.17) is 14.2 Å². The molecule has 158 valence electrons. The number of rotatable bonds is 3. The van der Waals surface area contributed by atoms with E-state index < -0.39 is 5.60 Å². The van der Waals surface area contributed by atoms with Crippen molar-refractivity contribution in [3.8, 4) is 17.2 Å². The highest BCUT2D eigenvalue weighted by Crippen LogP contribution is 2.44. The Morgan fingerprint density at radius 2 is 1.77 bits per heavy atom. The van der Waals surface area contributed by atoms with E-state index in [0.717, 1.165) is 5.56 Å². The van der Waals surface area contributed by atoms with Crippen LogP contribution in [-0.4, -0.2) is 49.5 Å². The van der Waals surface area contributed by atoms with Crippen molar-refractivity contribution in [3.63, 3.8) is 0 Å². The van der Waals surface area contributed by atoms with Gasteiger partial charge in [-0.05, 0) is 37.1 Å². The van der Waals surface area contributed by atoms with Gasteiger partial charge in [0.25, 0.3) is 5.91 Å². The van der Waals surface area contributed by atoms with E-state index in [1.165, 1.54) is 12.7 Å². The second kappa shape index (κ2) is 7.67. The molecule has 2 aromatic rings. The molecule has 6 nitrogen and oxygen atoms in total. The molecule has 0 N–H and O–H groups in total. The average molecular weight is 409 g/mol. The van der Waals surface area contributed by atoms with E-state index >= 15 is 0 Å². The van der Waals surface area contributed by atoms with Gasteiger partial charge in [-0.25, -0.2) is 0 Å². The van der Waals surface area contributed by atoms with Gasteiger partial charge < -0.3 is 19.1 Å². The maximum absolute atomic E-state index is 13.0. The molecule has 2 aliphatic rings. The second-order valence-electron chi connectivity index (χ2n) is 8.18. The minimum atomic E-state index is -0.596. The van der Waals surface area contributed by atoms with Gasteiger partial charge in [0.15, 0.2) is 5.78 Å². The van der Waals surface area contributed by atoms with E-state index in [1.807, 2.05) is 36.9 Å². The molecule has 1 spiro atoms. The van der Waals surface area contributed by atoms with Crippen LogP contribution in [0.3, 0.4) is 0 Å². The number of carbonyl (C=O) groups excluding carboxylic acids is 2. The number of methoxy groups -OCH3 is 2. The van der Waals surface area contributed by atoms with Gasteiger partial charge in [0.2, 0.25) is 0 Å². The number of Topliss-reactive ketones (excluding diaryl/α,β-unsaturated/α-hetero) is 1. The number of hydrogen-bond donors (Lipinski definition) is 0. The van der Waals surface area contributed by atoms with Gasteiger partial charge in [-0.2, -0.15) is 0 Å². The van der Waals surface area contributed by atoms with Gasteiger partial charge >= 0.3 is 0 Å². The van der Waals surface area contributed by atoms with E-state index in [0.29, 0.717) is 54.3 Å². The van der Waals surface area contributed by atoms with E-state index in [-0.39, 0.29) is 18.1 Å². The first-order chi connectivity index (χ1) is 14.4. The summed E-state index contributed by atoms with van der Waals surface area (Å²) in [6, 6.07) is 9.24. The first-order valence-corrected chi connectivity index (χ1v) is 10.2. The lowest BCUT2D eigenvalue weighted by Gasteiger charge is -2.44. The minimum Gasteiger partial charge on any atom is -0.496 e. The summed E-state index contributed by atoms with van der Waals surface area (Å²) in [6.45, 7) is 5.15. The fraction of sp³-hybridized carbons (Fsp3) is 0.417. The Hall–Kier alpha value is -3.02. The van der Waals surface area contributed by atoms with Crippen molar-refractivity contribution in [1.82, 2.24) is 4.90 Å². The minimum absolute atomic E-state index is 0.00434. The van der Waals surface area contributed by atoms with Gasteiger partial charge in [0.1, 0.15) is 28.4 Å². The fourth-order valence-electron chi connectivity index (χ4n) is 4.30. The molecule has 2 aliphatic heterocycles. The number of fused-ring (bicyclic) bond motifs is 1. The second-order valence-corrected chi connectivity index (χ2v) is 8.18. The highest BCUT2D eigenvalue weighted by molar-refractivity contribution is 6.03. The van der Waals surface area contributed by atoms with Crippen molar-refractivity contribution < 1.29 is 23.8 Å². The lowest BCUT2D eigenvalue weighted by atomic mass is 9.82. The van der Waals surface area contributed by atoms with Crippen LogP contribution < -0.4 is 14.2 Å². The number of ether oxygens (including phenoxy) is 3. The molecule has 0 aromatic heterocycles. The molecule has 0 bridgehead atoms. The van der Waals surface area contributed by atoms with E-state index in [2.05, 4.69) is 0 Å². The highest BCUT2D eigenvalue weighted by atomic mass is 16.5. The van der Waals surface area contributed by atoms with Gasteiger partial charge in [-0.3, -0.25) is 9.59 Å². The molecule has 30 heavy (non-hydrogen) atoms. The number of nitrogens with zero attached hydrogens (tertiary/aromatic N) is 1. The molecule has 0 aliphatic carbocycles. The molecular formula is C24H27NO5. The summed E-state index contributed by atoms with van der Waals surface area (Å²) in [5, 5.41) is 0. The normalized spacial score (nSPS) is 17.3. The van der Waals surface area contributed by atoms with Crippen LogP contribution in [0, 0.1) is 13.8 Å². The van der Waals surface area contributed by atoms with Crippen LogP contribution in [0.15, 0.2) is 30.3 Å². The third-order valence-electron chi connectivity index (χ3n) is 6.30.